The molecule has 0 bridgehead atoms. The second kappa shape index (κ2) is 8.27. The number of benzene rings is 2. The van der Waals surface area contributed by atoms with Gasteiger partial charge in [-0.15, -0.1) is 0 Å². The van der Waals surface area contributed by atoms with E-state index >= 15 is 0 Å². The Morgan fingerprint density at radius 2 is 1.89 bits per heavy atom. The van der Waals surface area contributed by atoms with Gasteiger partial charge in [0.2, 0.25) is 5.91 Å². The molecule has 2 heterocycles. The highest BCUT2D eigenvalue weighted by atomic mass is 32.1. The maximum Gasteiger partial charge on any atom is 0.274 e. The molecule has 1 aliphatic heterocycles. The first-order valence-corrected chi connectivity index (χ1v) is 10.5. The lowest BCUT2D eigenvalue weighted by atomic mass is 10.0. The van der Waals surface area contributed by atoms with Crippen LogP contribution >= 0.6 is 11.3 Å². The number of likely N-dealkylation sites (tertiary alicyclic amines) is 1. The molecular formula is C22H23FN2O2S. The van der Waals surface area contributed by atoms with Gasteiger partial charge >= 0.3 is 0 Å². The van der Waals surface area contributed by atoms with E-state index in [2.05, 4.69) is 24.0 Å². The second-order valence-electron chi connectivity index (χ2n) is 7.14. The SMILES string of the molecule is CCc1ccc(CC(=O)N2CCC(Oc3nc4ccc(F)cc4s3)CC2)cc1. The number of aryl methyl sites for hydroxylation is 1. The number of amides is 1. The van der Waals surface area contributed by atoms with Crippen LogP contribution in [0.5, 0.6) is 5.19 Å². The van der Waals surface area contributed by atoms with Gasteiger partial charge in [-0.3, -0.25) is 4.79 Å². The van der Waals surface area contributed by atoms with Crippen molar-refractivity contribution in [2.75, 3.05) is 13.1 Å². The quantitative estimate of drug-likeness (QED) is 0.630. The van der Waals surface area contributed by atoms with Gasteiger partial charge in [-0.1, -0.05) is 42.5 Å². The summed E-state index contributed by atoms with van der Waals surface area (Å²) in [5.74, 6) is -0.1000. The minimum atomic E-state index is -0.265. The van der Waals surface area contributed by atoms with Crippen LogP contribution in [0.4, 0.5) is 4.39 Å². The molecule has 3 aromatic rings. The van der Waals surface area contributed by atoms with Crippen LogP contribution in [0.1, 0.15) is 30.9 Å². The van der Waals surface area contributed by atoms with Crippen LogP contribution in [0.15, 0.2) is 42.5 Å². The number of thiazole rings is 1. The monoisotopic (exact) mass is 398 g/mol. The number of hydrogen-bond donors (Lipinski definition) is 0. The van der Waals surface area contributed by atoms with Gasteiger partial charge in [0.1, 0.15) is 11.9 Å². The predicted molar refractivity (Wildman–Crippen MR) is 109 cm³/mol. The normalized spacial score (nSPS) is 15.1. The predicted octanol–water partition coefficient (Wildman–Crippen LogP) is 4.61. The molecule has 0 atom stereocenters. The number of halogens is 1. The molecule has 4 rings (SSSR count). The van der Waals surface area contributed by atoms with Crippen molar-refractivity contribution in [2.24, 2.45) is 0 Å². The maximum atomic E-state index is 13.3. The lowest BCUT2D eigenvalue weighted by molar-refractivity contribution is -0.132. The Hall–Kier alpha value is -2.47. The average Bonchev–Trinajstić information content (AvgIpc) is 3.10. The molecule has 0 spiro atoms. The van der Waals surface area contributed by atoms with Crippen molar-refractivity contribution in [3.63, 3.8) is 0 Å². The summed E-state index contributed by atoms with van der Waals surface area (Å²) in [5, 5.41) is 0.571. The number of nitrogens with zero attached hydrogens (tertiary/aromatic N) is 2. The Labute approximate surface area is 168 Å². The lowest BCUT2D eigenvalue weighted by Gasteiger charge is -2.31. The minimum absolute atomic E-state index is 0.0401. The Kier molecular flexibility index (Phi) is 5.57. The largest absolute Gasteiger partial charge is 0.467 e. The molecule has 1 aliphatic rings. The molecule has 4 nitrogen and oxygen atoms in total. The van der Waals surface area contributed by atoms with Crippen LogP contribution in [0, 0.1) is 5.82 Å². The van der Waals surface area contributed by atoms with Gasteiger partial charge in [0.25, 0.3) is 5.19 Å². The number of fused-ring (bicyclic) bond motifs is 1. The molecule has 1 fully saturated rings. The number of rotatable bonds is 5. The van der Waals surface area contributed by atoms with Crippen LogP contribution in [0.25, 0.3) is 10.2 Å². The van der Waals surface area contributed by atoms with E-state index in [4.69, 9.17) is 4.74 Å². The van der Waals surface area contributed by atoms with E-state index < -0.39 is 0 Å². The number of ether oxygens (including phenoxy) is 1. The first-order chi connectivity index (χ1) is 13.6. The van der Waals surface area contributed by atoms with E-state index in [0.717, 1.165) is 35.0 Å². The fourth-order valence-electron chi connectivity index (χ4n) is 3.47. The highest BCUT2D eigenvalue weighted by Crippen LogP contribution is 2.30. The fourth-order valence-corrected chi connectivity index (χ4v) is 4.38. The van der Waals surface area contributed by atoms with Crippen molar-refractivity contribution in [1.82, 2.24) is 9.88 Å². The van der Waals surface area contributed by atoms with Gasteiger partial charge in [0.05, 0.1) is 16.6 Å². The van der Waals surface area contributed by atoms with Gasteiger partial charge in [-0.25, -0.2) is 9.37 Å². The van der Waals surface area contributed by atoms with Crippen molar-refractivity contribution in [3.05, 3.63) is 59.4 Å². The van der Waals surface area contributed by atoms with Crippen LogP contribution in [-0.2, 0) is 17.6 Å². The maximum absolute atomic E-state index is 13.3. The van der Waals surface area contributed by atoms with Crippen LogP contribution in [-0.4, -0.2) is 35.0 Å². The Morgan fingerprint density at radius 3 is 2.61 bits per heavy atom. The number of hydrogen-bond acceptors (Lipinski definition) is 4. The summed E-state index contributed by atoms with van der Waals surface area (Å²) in [5.41, 5.74) is 3.09. The smallest absolute Gasteiger partial charge is 0.274 e. The van der Waals surface area contributed by atoms with Crippen molar-refractivity contribution in [3.8, 4) is 5.19 Å². The number of piperidine rings is 1. The van der Waals surface area contributed by atoms with E-state index in [9.17, 15) is 9.18 Å². The second-order valence-corrected chi connectivity index (χ2v) is 8.13. The van der Waals surface area contributed by atoms with Crippen molar-refractivity contribution >= 4 is 27.5 Å². The van der Waals surface area contributed by atoms with Gasteiger partial charge in [0.15, 0.2) is 0 Å². The molecule has 0 unspecified atom stereocenters. The molecule has 0 aliphatic carbocycles. The zero-order valence-electron chi connectivity index (χ0n) is 15.9. The minimum Gasteiger partial charge on any atom is -0.467 e. The molecule has 2 aromatic carbocycles. The summed E-state index contributed by atoms with van der Waals surface area (Å²) in [7, 11) is 0. The Morgan fingerprint density at radius 1 is 1.18 bits per heavy atom. The summed E-state index contributed by atoms with van der Waals surface area (Å²) in [6.45, 7) is 3.51. The van der Waals surface area contributed by atoms with Crippen LogP contribution < -0.4 is 4.74 Å². The topological polar surface area (TPSA) is 42.4 Å². The van der Waals surface area contributed by atoms with E-state index in [-0.39, 0.29) is 17.8 Å². The molecule has 1 aromatic heterocycles. The molecule has 0 saturated carbocycles. The fraction of sp³-hybridized carbons (Fsp3) is 0.364. The molecule has 1 amide bonds. The highest BCUT2D eigenvalue weighted by molar-refractivity contribution is 7.20. The number of carbonyl (C=O) groups excluding carboxylic acids is 1. The van der Waals surface area contributed by atoms with Gasteiger partial charge in [-0.05, 0) is 35.7 Å². The molecule has 28 heavy (non-hydrogen) atoms. The number of aromatic nitrogens is 1. The zero-order chi connectivity index (χ0) is 19.5. The third-order valence-electron chi connectivity index (χ3n) is 5.18. The summed E-state index contributed by atoms with van der Waals surface area (Å²) < 4.78 is 20.1. The average molecular weight is 399 g/mol. The van der Waals surface area contributed by atoms with Crippen LogP contribution in [0.2, 0.25) is 0 Å². The first-order valence-electron chi connectivity index (χ1n) is 9.69. The van der Waals surface area contributed by atoms with E-state index in [0.29, 0.717) is 24.7 Å². The molecule has 146 valence electrons. The van der Waals surface area contributed by atoms with Gasteiger partial charge in [-0.2, -0.15) is 0 Å². The third kappa shape index (κ3) is 4.33. The van der Waals surface area contributed by atoms with Gasteiger partial charge in [0, 0.05) is 25.9 Å². The van der Waals surface area contributed by atoms with E-state index in [1.165, 1.54) is 29.0 Å². The molecule has 0 N–H and O–H groups in total. The molecular weight excluding hydrogens is 375 g/mol. The summed E-state index contributed by atoms with van der Waals surface area (Å²) in [4.78, 5) is 18.9. The standard InChI is InChI=1S/C22H23FN2O2S/c1-2-15-3-5-16(6-4-15)13-21(26)25-11-9-18(10-12-25)27-22-24-19-8-7-17(23)14-20(19)28-22/h3-8,14,18H,2,9-13H2,1H3. The first kappa shape index (κ1) is 18.9. The zero-order valence-corrected chi connectivity index (χ0v) is 16.7. The van der Waals surface area contributed by atoms with E-state index in [1.54, 1.807) is 6.07 Å². The van der Waals surface area contributed by atoms with Crippen molar-refractivity contribution in [1.29, 1.82) is 0 Å². The van der Waals surface area contributed by atoms with Crippen molar-refractivity contribution < 1.29 is 13.9 Å². The Bertz CT molecular complexity index is 962. The number of carbonyl (C=O) groups is 1. The third-order valence-corrected chi connectivity index (χ3v) is 6.09. The summed E-state index contributed by atoms with van der Waals surface area (Å²) >= 11 is 1.36. The van der Waals surface area contributed by atoms with Crippen molar-refractivity contribution in [2.45, 2.75) is 38.7 Å². The molecule has 1 saturated heterocycles. The molecule has 6 heteroatoms. The van der Waals surface area contributed by atoms with Gasteiger partial charge < -0.3 is 9.64 Å². The lowest BCUT2D eigenvalue weighted by Crippen LogP contribution is -2.42. The molecule has 0 radical (unpaired) electrons. The van der Waals surface area contributed by atoms with Crippen LogP contribution in [0.3, 0.4) is 0 Å². The highest BCUT2D eigenvalue weighted by Gasteiger charge is 2.24. The van der Waals surface area contributed by atoms with E-state index in [1.807, 2.05) is 17.0 Å². The summed E-state index contributed by atoms with van der Waals surface area (Å²) in [6, 6.07) is 12.8. The Balaban J connectivity index is 1.30. The summed E-state index contributed by atoms with van der Waals surface area (Å²) in [6.07, 6.45) is 3.05.